The second-order valence-electron chi connectivity index (χ2n) is 2.03. The third-order valence-electron chi connectivity index (χ3n) is 1.37. The van der Waals surface area contributed by atoms with Crippen LogP contribution >= 0.6 is 0 Å². The Labute approximate surface area is 69.1 Å². The molecule has 0 aromatic heterocycles. The van der Waals surface area contributed by atoms with E-state index in [4.69, 9.17) is 9.94 Å². The van der Waals surface area contributed by atoms with Crippen molar-refractivity contribution in [3.63, 3.8) is 0 Å². The fraction of sp³-hybridized carbons (Fsp3) is 0.143. The van der Waals surface area contributed by atoms with Crippen LogP contribution in [0.15, 0.2) is 29.5 Å². The minimum Gasteiger partial charge on any atom is -0.591 e. The van der Waals surface area contributed by atoms with Crippen LogP contribution in [0.4, 0.5) is 5.69 Å². The lowest BCUT2D eigenvalue weighted by atomic mass is 10.3. The molecular formula is C7H8N2O3. The molecule has 0 unspecified atom stereocenters. The molecule has 0 saturated carbocycles. The minimum absolute atomic E-state index is 0.0822. The molecule has 0 aliphatic rings. The van der Waals surface area contributed by atoms with Crippen molar-refractivity contribution in [3.05, 3.63) is 29.5 Å². The first-order chi connectivity index (χ1) is 5.79. The molecular weight excluding hydrogens is 160 g/mol. The third kappa shape index (κ3) is 1.45. The number of methoxy groups -OCH3 is 1. The van der Waals surface area contributed by atoms with Crippen LogP contribution in [-0.2, 0) is 0 Å². The van der Waals surface area contributed by atoms with Crippen LogP contribution in [0.1, 0.15) is 0 Å². The fourth-order valence-electron chi connectivity index (χ4n) is 0.836. The molecule has 0 heterocycles. The number of ether oxygens (including phenoxy) is 1. The van der Waals surface area contributed by atoms with Gasteiger partial charge in [-0.25, -0.2) is 0 Å². The fourth-order valence-corrected chi connectivity index (χ4v) is 0.836. The van der Waals surface area contributed by atoms with Gasteiger partial charge in [0.25, 0.3) is 5.69 Å². The Hall–Kier alpha value is -1.78. The van der Waals surface area contributed by atoms with E-state index in [2.05, 4.69) is 5.28 Å². The highest BCUT2D eigenvalue weighted by molar-refractivity contribution is 5.45. The maximum Gasteiger partial charge on any atom is 0.289 e. The van der Waals surface area contributed by atoms with Gasteiger partial charge in [-0.2, -0.15) is 0 Å². The molecule has 64 valence electrons. The SMILES string of the molecule is COc1ccccc1[N+]([O-])=NO. The average molecular weight is 168 g/mol. The molecule has 0 aliphatic heterocycles. The van der Waals surface area contributed by atoms with Gasteiger partial charge in [-0.05, 0) is 10.9 Å². The predicted octanol–water partition coefficient (Wildman–Crippen LogP) is 1.68. The van der Waals surface area contributed by atoms with Crippen molar-refractivity contribution >= 4 is 5.69 Å². The quantitative estimate of drug-likeness (QED) is 0.415. The van der Waals surface area contributed by atoms with E-state index >= 15 is 0 Å². The Bertz CT molecular complexity index is 298. The summed E-state index contributed by atoms with van der Waals surface area (Å²) in [5, 5.41) is 21.5. The lowest BCUT2D eigenvalue weighted by molar-refractivity contribution is -0.474. The lowest BCUT2D eigenvalue weighted by Gasteiger charge is -2.02. The van der Waals surface area contributed by atoms with Gasteiger partial charge >= 0.3 is 0 Å². The van der Waals surface area contributed by atoms with Crippen molar-refractivity contribution in [2.75, 3.05) is 7.11 Å². The maximum absolute atomic E-state index is 10.8. The van der Waals surface area contributed by atoms with Gasteiger partial charge in [-0.1, -0.05) is 12.1 Å². The van der Waals surface area contributed by atoms with Gasteiger partial charge in [0.05, 0.1) is 7.11 Å². The summed E-state index contributed by atoms with van der Waals surface area (Å²) in [6.07, 6.45) is 0. The van der Waals surface area contributed by atoms with E-state index in [0.29, 0.717) is 5.75 Å². The second-order valence-corrected chi connectivity index (χ2v) is 2.03. The number of para-hydroxylation sites is 2. The van der Waals surface area contributed by atoms with Crippen molar-refractivity contribution in [2.24, 2.45) is 5.28 Å². The zero-order chi connectivity index (χ0) is 8.97. The first-order valence-corrected chi connectivity index (χ1v) is 3.25. The molecule has 1 rings (SSSR count). The Morgan fingerprint density at radius 2 is 2.17 bits per heavy atom. The van der Waals surface area contributed by atoms with E-state index in [1.54, 1.807) is 18.2 Å². The smallest absolute Gasteiger partial charge is 0.289 e. The van der Waals surface area contributed by atoms with Gasteiger partial charge in [0.15, 0.2) is 5.75 Å². The van der Waals surface area contributed by atoms with Crippen LogP contribution in [0.2, 0.25) is 0 Å². The number of benzene rings is 1. The molecule has 0 bridgehead atoms. The molecule has 12 heavy (non-hydrogen) atoms. The number of rotatable bonds is 2. The van der Waals surface area contributed by atoms with Crippen LogP contribution in [0.25, 0.3) is 0 Å². The molecule has 0 radical (unpaired) electrons. The van der Waals surface area contributed by atoms with E-state index < -0.39 is 0 Å². The molecule has 0 saturated heterocycles. The summed E-state index contributed by atoms with van der Waals surface area (Å²) in [6.45, 7) is 0. The van der Waals surface area contributed by atoms with Gasteiger partial charge in [0.2, 0.25) is 5.28 Å². The van der Waals surface area contributed by atoms with E-state index in [9.17, 15) is 5.21 Å². The van der Waals surface area contributed by atoms with Crippen molar-refractivity contribution in [2.45, 2.75) is 0 Å². The van der Waals surface area contributed by atoms with E-state index in [-0.39, 0.29) is 10.5 Å². The number of hydrogen-bond acceptors (Lipinski definition) is 3. The molecule has 0 spiro atoms. The van der Waals surface area contributed by atoms with Crippen molar-refractivity contribution in [1.29, 1.82) is 0 Å². The highest BCUT2D eigenvalue weighted by Gasteiger charge is 2.10. The summed E-state index contributed by atoms with van der Waals surface area (Å²) < 4.78 is 4.86. The van der Waals surface area contributed by atoms with Crippen molar-refractivity contribution in [3.8, 4) is 5.75 Å². The molecule has 0 atom stereocenters. The van der Waals surface area contributed by atoms with E-state index in [1.165, 1.54) is 13.2 Å². The summed E-state index contributed by atoms with van der Waals surface area (Å²) in [4.78, 5) is 0.0822. The normalized spacial score (nSPS) is 11.2. The number of nitrogens with zero attached hydrogens (tertiary/aromatic N) is 2. The summed E-state index contributed by atoms with van der Waals surface area (Å²) in [5.74, 6) is 0.366. The van der Waals surface area contributed by atoms with Crippen molar-refractivity contribution < 1.29 is 14.8 Å². The highest BCUT2D eigenvalue weighted by Crippen LogP contribution is 2.25. The van der Waals surface area contributed by atoms with Gasteiger partial charge in [-0.3, -0.25) is 0 Å². The highest BCUT2D eigenvalue weighted by atomic mass is 16.6. The molecule has 1 N–H and O–H groups in total. The van der Waals surface area contributed by atoms with Crippen LogP contribution in [-0.4, -0.2) is 17.2 Å². The predicted molar refractivity (Wildman–Crippen MR) is 40.5 cm³/mol. The molecule has 5 nitrogen and oxygen atoms in total. The summed E-state index contributed by atoms with van der Waals surface area (Å²) >= 11 is 0. The standard InChI is InChI=1S/C7H8N2O3/c1-12-7-5-3-2-4-6(7)9(11)8-10/h2-5,10H,1H3. The second kappa shape index (κ2) is 3.56. The topological polar surface area (TPSA) is 67.9 Å². The number of hydrogen-bond donors (Lipinski definition) is 1. The van der Waals surface area contributed by atoms with Crippen LogP contribution in [0.3, 0.4) is 0 Å². The zero-order valence-electron chi connectivity index (χ0n) is 6.47. The third-order valence-corrected chi connectivity index (χ3v) is 1.37. The lowest BCUT2D eigenvalue weighted by Crippen LogP contribution is -1.94. The van der Waals surface area contributed by atoms with Gasteiger partial charge in [0.1, 0.15) is 0 Å². The summed E-state index contributed by atoms with van der Waals surface area (Å²) in [6, 6.07) is 6.46. The molecule has 0 amide bonds. The van der Waals surface area contributed by atoms with Gasteiger partial charge in [0, 0.05) is 6.07 Å². The summed E-state index contributed by atoms with van der Waals surface area (Å²) in [5.41, 5.74) is 0.169. The van der Waals surface area contributed by atoms with E-state index in [0.717, 1.165) is 0 Å². The molecule has 1 aromatic rings. The molecule has 1 aromatic carbocycles. The van der Waals surface area contributed by atoms with Crippen LogP contribution in [0.5, 0.6) is 5.75 Å². The zero-order valence-corrected chi connectivity index (χ0v) is 6.47. The van der Waals surface area contributed by atoms with Crippen LogP contribution in [0, 0.1) is 5.21 Å². The monoisotopic (exact) mass is 168 g/mol. The molecule has 5 heteroatoms. The Morgan fingerprint density at radius 1 is 1.50 bits per heavy atom. The van der Waals surface area contributed by atoms with Crippen molar-refractivity contribution in [1.82, 2.24) is 0 Å². The van der Waals surface area contributed by atoms with E-state index in [1.807, 2.05) is 0 Å². The Kier molecular flexibility index (Phi) is 2.47. The largest absolute Gasteiger partial charge is 0.591 e. The van der Waals surface area contributed by atoms with Crippen LogP contribution < -0.4 is 4.74 Å². The Morgan fingerprint density at radius 3 is 2.75 bits per heavy atom. The first kappa shape index (κ1) is 8.32. The first-order valence-electron chi connectivity index (χ1n) is 3.25. The molecule has 0 fully saturated rings. The average Bonchev–Trinajstić information content (AvgIpc) is 2.16. The molecule has 0 aliphatic carbocycles. The minimum atomic E-state index is 0.0822. The van der Waals surface area contributed by atoms with Gasteiger partial charge in [-0.15, -0.1) is 0 Å². The Balaban J connectivity index is 3.13. The maximum atomic E-state index is 10.8. The summed E-state index contributed by atoms with van der Waals surface area (Å²) in [7, 11) is 1.43. The van der Waals surface area contributed by atoms with Gasteiger partial charge < -0.3 is 15.2 Å².